The number of thiophene rings is 1. The summed E-state index contributed by atoms with van der Waals surface area (Å²) in [6.45, 7) is 5.53. The van der Waals surface area contributed by atoms with Crippen LogP contribution in [0.2, 0.25) is 10.0 Å². The lowest BCUT2D eigenvalue weighted by atomic mass is 10.1. The van der Waals surface area contributed by atoms with Crippen LogP contribution in [0.3, 0.4) is 0 Å². The molecule has 2 heterocycles. The van der Waals surface area contributed by atoms with E-state index < -0.39 is 0 Å². The van der Waals surface area contributed by atoms with Gasteiger partial charge in [-0.2, -0.15) is 0 Å². The topological polar surface area (TPSA) is 61.9 Å². The third kappa shape index (κ3) is 5.00. The number of aryl methyl sites for hydroxylation is 1. The highest BCUT2D eigenvalue weighted by Gasteiger charge is 2.29. The van der Waals surface area contributed by atoms with Crippen molar-refractivity contribution in [3.05, 3.63) is 44.2 Å². The van der Waals surface area contributed by atoms with Gasteiger partial charge < -0.3 is 15.0 Å². The van der Waals surface area contributed by atoms with E-state index in [4.69, 9.17) is 27.9 Å². The summed E-state index contributed by atoms with van der Waals surface area (Å²) >= 11 is 13.7. The lowest BCUT2D eigenvalue weighted by molar-refractivity contribution is -0.117. The van der Waals surface area contributed by atoms with E-state index >= 15 is 0 Å². The molecule has 166 valence electrons. The third-order valence-electron chi connectivity index (χ3n) is 5.66. The molecule has 1 fully saturated rings. The van der Waals surface area contributed by atoms with Gasteiger partial charge in [0.1, 0.15) is 5.00 Å². The van der Waals surface area contributed by atoms with Gasteiger partial charge in [-0.3, -0.25) is 9.69 Å². The number of ether oxygens (including phenoxy) is 1. The molecular formula is C22H25Cl2N3O3S. The number of hydrogen-bond acceptors (Lipinski definition) is 6. The maximum absolute atomic E-state index is 12.7. The highest BCUT2D eigenvalue weighted by atomic mass is 35.5. The van der Waals surface area contributed by atoms with Crippen molar-refractivity contribution in [2.75, 3.05) is 49.5 Å². The Hall–Kier alpha value is -1.80. The quantitative estimate of drug-likeness (QED) is 0.616. The number of benzene rings is 1. The fourth-order valence-electron chi connectivity index (χ4n) is 4.13. The Balaban J connectivity index is 1.35. The highest BCUT2D eigenvalue weighted by molar-refractivity contribution is 7.17. The van der Waals surface area contributed by atoms with E-state index in [2.05, 4.69) is 15.1 Å². The monoisotopic (exact) mass is 481 g/mol. The van der Waals surface area contributed by atoms with E-state index in [0.717, 1.165) is 56.7 Å². The van der Waals surface area contributed by atoms with Crippen LogP contribution in [0.1, 0.15) is 34.1 Å². The van der Waals surface area contributed by atoms with Crippen LogP contribution in [-0.4, -0.2) is 56.1 Å². The van der Waals surface area contributed by atoms with E-state index in [-0.39, 0.29) is 11.9 Å². The Morgan fingerprint density at radius 1 is 1.13 bits per heavy atom. The van der Waals surface area contributed by atoms with Gasteiger partial charge in [0, 0.05) is 36.7 Å². The Morgan fingerprint density at radius 3 is 2.61 bits per heavy atom. The van der Waals surface area contributed by atoms with Gasteiger partial charge in [0.05, 0.1) is 28.8 Å². The third-order valence-corrected chi connectivity index (χ3v) is 7.61. The molecule has 1 saturated heterocycles. The number of anilines is 2. The lowest BCUT2D eigenvalue weighted by Crippen LogP contribution is -2.48. The number of fused-ring (bicyclic) bond motifs is 1. The number of hydrogen-bond donors (Lipinski definition) is 1. The molecule has 0 saturated carbocycles. The number of nitrogens with one attached hydrogen (secondary N) is 1. The summed E-state index contributed by atoms with van der Waals surface area (Å²) in [7, 11) is 0. The second-order valence-electron chi connectivity index (χ2n) is 7.69. The van der Waals surface area contributed by atoms with Crippen molar-refractivity contribution in [1.82, 2.24) is 4.90 Å². The summed E-state index contributed by atoms with van der Waals surface area (Å²) in [5.74, 6) is -0.444. The van der Waals surface area contributed by atoms with Crippen LogP contribution in [0, 0.1) is 0 Å². The van der Waals surface area contributed by atoms with Gasteiger partial charge >= 0.3 is 5.97 Å². The summed E-state index contributed by atoms with van der Waals surface area (Å²) in [4.78, 5) is 30.7. The summed E-state index contributed by atoms with van der Waals surface area (Å²) in [5, 5.41) is 4.69. The summed E-state index contributed by atoms with van der Waals surface area (Å²) in [6, 6.07) is 5.64. The molecule has 2 aliphatic rings. The zero-order valence-corrected chi connectivity index (χ0v) is 19.7. The maximum atomic E-state index is 12.7. The zero-order chi connectivity index (χ0) is 22.0. The Labute approximate surface area is 196 Å². The van der Waals surface area contributed by atoms with Gasteiger partial charge in [-0.15, -0.1) is 11.3 Å². The van der Waals surface area contributed by atoms with Gasteiger partial charge in [0.25, 0.3) is 0 Å². The molecule has 1 aliphatic heterocycles. The van der Waals surface area contributed by atoms with Crippen molar-refractivity contribution in [2.45, 2.75) is 26.2 Å². The number of esters is 1. The zero-order valence-electron chi connectivity index (χ0n) is 17.4. The fraction of sp³-hybridized carbons (Fsp3) is 0.455. The number of rotatable bonds is 6. The Bertz CT molecular complexity index is 987. The van der Waals surface area contributed by atoms with Crippen molar-refractivity contribution in [3.63, 3.8) is 0 Å². The first-order valence-corrected chi connectivity index (χ1v) is 12.1. The standard InChI is InChI=1S/C22H25Cl2N3O3S/c1-2-30-22(29)20-15-4-3-5-18(15)31-21(20)25-19(28)13-26-8-10-27(11-9-26)14-6-7-16(23)17(24)12-14/h6-7,12H,2-5,8-11,13H2,1H3,(H,25,28). The predicted molar refractivity (Wildman–Crippen MR) is 126 cm³/mol. The average Bonchev–Trinajstić information content (AvgIpc) is 3.31. The van der Waals surface area contributed by atoms with E-state index in [0.29, 0.717) is 33.8 Å². The predicted octanol–water partition coefficient (Wildman–Crippen LogP) is 4.48. The fourth-order valence-corrected chi connectivity index (χ4v) is 5.71. The normalized spacial score (nSPS) is 16.3. The molecule has 0 spiro atoms. The van der Waals surface area contributed by atoms with Crippen LogP contribution < -0.4 is 10.2 Å². The first kappa shape index (κ1) is 22.4. The van der Waals surface area contributed by atoms with Crippen LogP contribution in [0.25, 0.3) is 0 Å². The van der Waals surface area contributed by atoms with Crippen molar-refractivity contribution in [3.8, 4) is 0 Å². The number of halogens is 2. The van der Waals surface area contributed by atoms with E-state index in [1.165, 1.54) is 16.2 Å². The molecule has 1 N–H and O–H groups in total. The van der Waals surface area contributed by atoms with Crippen LogP contribution in [0.5, 0.6) is 0 Å². The largest absolute Gasteiger partial charge is 0.462 e. The minimum absolute atomic E-state index is 0.103. The molecule has 0 bridgehead atoms. The van der Waals surface area contributed by atoms with Crippen molar-refractivity contribution < 1.29 is 14.3 Å². The number of nitrogens with zero attached hydrogens (tertiary/aromatic N) is 2. The molecule has 2 aromatic rings. The van der Waals surface area contributed by atoms with Gasteiger partial charge in [-0.25, -0.2) is 4.79 Å². The lowest BCUT2D eigenvalue weighted by Gasteiger charge is -2.35. The van der Waals surface area contributed by atoms with Crippen LogP contribution in [0.15, 0.2) is 18.2 Å². The van der Waals surface area contributed by atoms with Crippen LogP contribution in [0.4, 0.5) is 10.7 Å². The molecule has 1 aliphatic carbocycles. The van der Waals surface area contributed by atoms with E-state index in [1.54, 1.807) is 13.0 Å². The molecule has 0 radical (unpaired) electrons. The SMILES string of the molecule is CCOC(=O)c1c(NC(=O)CN2CCN(c3ccc(Cl)c(Cl)c3)CC2)sc2c1CCC2. The number of carbonyl (C=O) groups excluding carboxylic acids is 2. The molecule has 0 atom stereocenters. The molecule has 1 aromatic heterocycles. The van der Waals surface area contributed by atoms with Gasteiger partial charge in [-0.05, 0) is 49.9 Å². The second-order valence-corrected chi connectivity index (χ2v) is 9.61. The van der Waals surface area contributed by atoms with E-state index in [9.17, 15) is 9.59 Å². The number of carbonyl (C=O) groups is 2. The van der Waals surface area contributed by atoms with Gasteiger partial charge in [0.15, 0.2) is 0 Å². The molecule has 1 aromatic carbocycles. The molecule has 4 rings (SSSR count). The minimum atomic E-state index is -0.340. The molecule has 0 unspecified atom stereocenters. The summed E-state index contributed by atoms with van der Waals surface area (Å²) < 4.78 is 5.24. The Kier molecular flexibility index (Phi) is 7.06. The molecule has 31 heavy (non-hydrogen) atoms. The van der Waals surface area contributed by atoms with Crippen LogP contribution in [-0.2, 0) is 22.4 Å². The van der Waals surface area contributed by atoms with E-state index in [1.807, 2.05) is 12.1 Å². The second kappa shape index (κ2) is 9.77. The first-order chi connectivity index (χ1) is 15.0. The maximum Gasteiger partial charge on any atom is 0.341 e. The smallest absolute Gasteiger partial charge is 0.341 e. The minimum Gasteiger partial charge on any atom is -0.462 e. The number of amides is 1. The van der Waals surface area contributed by atoms with Crippen molar-refractivity contribution >= 4 is 57.1 Å². The molecule has 1 amide bonds. The summed E-state index contributed by atoms with van der Waals surface area (Å²) in [6.07, 6.45) is 2.87. The average molecular weight is 482 g/mol. The van der Waals surface area contributed by atoms with Gasteiger partial charge in [0.2, 0.25) is 5.91 Å². The van der Waals surface area contributed by atoms with Crippen LogP contribution >= 0.6 is 34.5 Å². The highest BCUT2D eigenvalue weighted by Crippen LogP contribution is 2.39. The first-order valence-electron chi connectivity index (χ1n) is 10.5. The van der Waals surface area contributed by atoms with Crippen molar-refractivity contribution in [2.24, 2.45) is 0 Å². The molecule has 9 heteroatoms. The van der Waals surface area contributed by atoms with Gasteiger partial charge in [-0.1, -0.05) is 23.2 Å². The molecule has 6 nitrogen and oxygen atoms in total. The molecular weight excluding hydrogens is 457 g/mol. The Morgan fingerprint density at radius 2 is 1.90 bits per heavy atom. The van der Waals surface area contributed by atoms with Crippen molar-refractivity contribution in [1.29, 1.82) is 0 Å². The number of piperazine rings is 1. The summed E-state index contributed by atoms with van der Waals surface area (Å²) in [5.41, 5.74) is 2.64.